The summed E-state index contributed by atoms with van der Waals surface area (Å²) in [6.45, 7) is 6.37. The van der Waals surface area contributed by atoms with Gasteiger partial charge in [0, 0.05) is 0 Å². The summed E-state index contributed by atoms with van der Waals surface area (Å²) in [6.07, 6.45) is 14.1. The number of unbranched alkanes of at least 4 members (excludes halogenated alkanes) is 7. The summed E-state index contributed by atoms with van der Waals surface area (Å²) in [5, 5.41) is 10.3. The van der Waals surface area contributed by atoms with Crippen LogP contribution in [0.5, 0.6) is 0 Å². The molecule has 1 rings (SSSR count). The van der Waals surface area contributed by atoms with E-state index in [1.54, 1.807) is 0 Å². The molecule has 114 valence electrons. The van der Waals surface area contributed by atoms with E-state index in [1.807, 2.05) is 0 Å². The van der Waals surface area contributed by atoms with Crippen molar-refractivity contribution in [1.82, 2.24) is 0 Å². The van der Waals surface area contributed by atoms with Crippen molar-refractivity contribution in [3.05, 3.63) is 0 Å². The summed E-state index contributed by atoms with van der Waals surface area (Å²) < 4.78 is 5.67. The maximum atomic E-state index is 10.3. The van der Waals surface area contributed by atoms with E-state index in [1.165, 1.54) is 51.4 Å². The van der Waals surface area contributed by atoms with Crippen LogP contribution in [0, 0.1) is 0 Å². The molecule has 0 aliphatic carbocycles. The zero-order chi connectivity index (χ0) is 14.1. The standard InChI is InChI=1S/C17H34O2/c1-4-7-8-9-10-11-12-13-14-15-16(19-15)17(18,5-2)6-3/h15-16,18H,4-14H2,1-3H3/t15-,16+/m0/s1. The minimum Gasteiger partial charge on any atom is -0.387 e. The SMILES string of the molecule is CCCCCCCCCC[C@@H]1O[C@H]1C(O)(CC)CC. The molecular formula is C17H34O2. The van der Waals surface area contributed by atoms with E-state index in [0.717, 1.165) is 19.3 Å². The summed E-state index contributed by atoms with van der Waals surface area (Å²) in [4.78, 5) is 0. The fourth-order valence-corrected chi connectivity index (χ4v) is 2.97. The van der Waals surface area contributed by atoms with Gasteiger partial charge in [-0.2, -0.15) is 0 Å². The van der Waals surface area contributed by atoms with Gasteiger partial charge in [-0.25, -0.2) is 0 Å². The molecule has 0 radical (unpaired) electrons. The molecule has 0 amide bonds. The number of rotatable bonds is 12. The van der Waals surface area contributed by atoms with Gasteiger partial charge >= 0.3 is 0 Å². The quantitative estimate of drug-likeness (QED) is 0.407. The highest BCUT2D eigenvalue weighted by Crippen LogP contribution is 2.39. The topological polar surface area (TPSA) is 32.8 Å². The first kappa shape index (κ1) is 17.0. The van der Waals surface area contributed by atoms with Crippen molar-refractivity contribution in [3.63, 3.8) is 0 Å². The highest BCUT2D eigenvalue weighted by atomic mass is 16.6. The molecule has 0 saturated carbocycles. The highest BCUT2D eigenvalue weighted by Gasteiger charge is 2.51. The lowest BCUT2D eigenvalue weighted by Crippen LogP contribution is -2.34. The van der Waals surface area contributed by atoms with Crippen LogP contribution in [0.3, 0.4) is 0 Å². The van der Waals surface area contributed by atoms with E-state index in [-0.39, 0.29) is 6.10 Å². The summed E-state index contributed by atoms with van der Waals surface area (Å²) >= 11 is 0. The van der Waals surface area contributed by atoms with Crippen LogP contribution >= 0.6 is 0 Å². The van der Waals surface area contributed by atoms with E-state index in [2.05, 4.69) is 20.8 Å². The Hall–Kier alpha value is -0.0800. The van der Waals surface area contributed by atoms with E-state index >= 15 is 0 Å². The average Bonchev–Trinajstić information content (AvgIpc) is 3.21. The van der Waals surface area contributed by atoms with Gasteiger partial charge < -0.3 is 9.84 Å². The Morgan fingerprint density at radius 2 is 1.37 bits per heavy atom. The number of hydrogen-bond donors (Lipinski definition) is 1. The molecule has 1 aliphatic heterocycles. The lowest BCUT2D eigenvalue weighted by molar-refractivity contribution is 0.00442. The monoisotopic (exact) mass is 270 g/mol. The number of epoxide rings is 1. The fraction of sp³-hybridized carbons (Fsp3) is 1.00. The Morgan fingerprint density at radius 3 is 1.89 bits per heavy atom. The molecule has 1 saturated heterocycles. The molecule has 1 fully saturated rings. The molecule has 1 heterocycles. The lowest BCUT2D eigenvalue weighted by Gasteiger charge is -2.22. The van der Waals surface area contributed by atoms with E-state index < -0.39 is 5.60 Å². The van der Waals surface area contributed by atoms with Gasteiger partial charge in [0.15, 0.2) is 0 Å². The van der Waals surface area contributed by atoms with Crippen LogP contribution < -0.4 is 0 Å². The first-order chi connectivity index (χ1) is 9.18. The van der Waals surface area contributed by atoms with Gasteiger partial charge in [0.1, 0.15) is 6.10 Å². The van der Waals surface area contributed by atoms with Crippen molar-refractivity contribution < 1.29 is 9.84 Å². The number of ether oxygens (including phenoxy) is 1. The zero-order valence-corrected chi connectivity index (χ0v) is 13.3. The molecule has 1 N–H and O–H groups in total. The average molecular weight is 270 g/mol. The third-order valence-electron chi connectivity index (χ3n) is 4.68. The van der Waals surface area contributed by atoms with Crippen LogP contribution in [0.2, 0.25) is 0 Å². The first-order valence-corrected chi connectivity index (χ1v) is 8.55. The fourth-order valence-electron chi connectivity index (χ4n) is 2.97. The second-order valence-electron chi connectivity index (χ2n) is 6.17. The molecule has 0 unspecified atom stereocenters. The maximum Gasteiger partial charge on any atom is 0.113 e. The highest BCUT2D eigenvalue weighted by molar-refractivity contribution is 4.99. The third kappa shape index (κ3) is 5.83. The number of aliphatic hydroxyl groups is 1. The molecule has 19 heavy (non-hydrogen) atoms. The maximum absolute atomic E-state index is 10.3. The predicted octanol–water partition coefficient (Wildman–Crippen LogP) is 4.84. The third-order valence-corrected chi connectivity index (χ3v) is 4.68. The molecule has 0 bridgehead atoms. The smallest absolute Gasteiger partial charge is 0.113 e. The number of hydrogen-bond acceptors (Lipinski definition) is 2. The molecule has 2 nitrogen and oxygen atoms in total. The summed E-state index contributed by atoms with van der Waals surface area (Å²) in [6, 6.07) is 0. The first-order valence-electron chi connectivity index (χ1n) is 8.55. The van der Waals surface area contributed by atoms with Crippen molar-refractivity contribution in [1.29, 1.82) is 0 Å². The summed E-state index contributed by atoms with van der Waals surface area (Å²) in [5.41, 5.74) is -0.565. The van der Waals surface area contributed by atoms with Crippen LogP contribution in [0.15, 0.2) is 0 Å². The van der Waals surface area contributed by atoms with Crippen LogP contribution in [0.1, 0.15) is 91.4 Å². The van der Waals surface area contributed by atoms with Crippen molar-refractivity contribution in [2.45, 2.75) is 109 Å². The molecule has 0 aromatic rings. The summed E-state index contributed by atoms with van der Waals surface area (Å²) in [7, 11) is 0. The lowest BCUT2D eigenvalue weighted by atomic mass is 9.90. The normalized spacial score (nSPS) is 22.7. The largest absolute Gasteiger partial charge is 0.387 e. The van der Waals surface area contributed by atoms with Gasteiger partial charge in [-0.05, 0) is 19.3 Å². The second-order valence-corrected chi connectivity index (χ2v) is 6.17. The molecule has 1 aliphatic rings. The Labute approximate surface area is 119 Å². The molecule has 0 aromatic carbocycles. The molecular weight excluding hydrogens is 236 g/mol. The Morgan fingerprint density at radius 1 is 0.842 bits per heavy atom. The molecule has 2 heteroatoms. The van der Waals surface area contributed by atoms with Crippen LogP contribution in [0.4, 0.5) is 0 Å². The molecule has 0 spiro atoms. The van der Waals surface area contributed by atoms with Gasteiger partial charge in [-0.3, -0.25) is 0 Å². The second kappa shape index (κ2) is 8.97. The zero-order valence-electron chi connectivity index (χ0n) is 13.3. The Kier molecular flexibility index (Phi) is 8.01. The van der Waals surface area contributed by atoms with Gasteiger partial charge in [-0.1, -0.05) is 72.1 Å². The van der Waals surface area contributed by atoms with Crippen molar-refractivity contribution >= 4 is 0 Å². The van der Waals surface area contributed by atoms with Crippen molar-refractivity contribution in [2.75, 3.05) is 0 Å². The Balaban J connectivity index is 1.95. The van der Waals surface area contributed by atoms with Gasteiger partial charge in [0.05, 0.1) is 11.7 Å². The van der Waals surface area contributed by atoms with Gasteiger partial charge in [-0.15, -0.1) is 0 Å². The van der Waals surface area contributed by atoms with Crippen LogP contribution in [-0.4, -0.2) is 22.9 Å². The van der Waals surface area contributed by atoms with Crippen LogP contribution in [0.25, 0.3) is 0 Å². The predicted molar refractivity (Wildman–Crippen MR) is 81.4 cm³/mol. The van der Waals surface area contributed by atoms with Gasteiger partial charge in [0.25, 0.3) is 0 Å². The minimum atomic E-state index is -0.565. The van der Waals surface area contributed by atoms with Crippen molar-refractivity contribution in [2.24, 2.45) is 0 Å². The van der Waals surface area contributed by atoms with Crippen molar-refractivity contribution in [3.8, 4) is 0 Å². The van der Waals surface area contributed by atoms with E-state index in [4.69, 9.17) is 4.74 Å². The Bertz CT molecular complexity index is 223. The van der Waals surface area contributed by atoms with E-state index in [9.17, 15) is 5.11 Å². The molecule has 0 aromatic heterocycles. The molecule has 2 atom stereocenters. The van der Waals surface area contributed by atoms with Crippen LogP contribution in [-0.2, 0) is 4.74 Å². The minimum absolute atomic E-state index is 0.118. The van der Waals surface area contributed by atoms with Gasteiger partial charge in [0.2, 0.25) is 0 Å². The summed E-state index contributed by atoms with van der Waals surface area (Å²) in [5.74, 6) is 0. The van der Waals surface area contributed by atoms with E-state index in [0.29, 0.717) is 6.10 Å².